The number of sulfonamides is 1. The van der Waals surface area contributed by atoms with E-state index in [-0.39, 0.29) is 34.3 Å². The molecule has 0 amide bonds. The maximum absolute atomic E-state index is 12.3. The number of hydrogen-bond acceptors (Lipinski definition) is 6. The zero-order chi connectivity index (χ0) is 15.7. The van der Waals surface area contributed by atoms with Gasteiger partial charge in [0.2, 0.25) is 10.0 Å². The Morgan fingerprint density at radius 2 is 1.95 bits per heavy atom. The van der Waals surface area contributed by atoms with Crippen molar-refractivity contribution in [2.75, 3.05) is 19.3 Å². The summed E-state index contributed by atoms with van der Waals surface area (Å²) in [5.41, 5.74) is 0. The van der Waals surface area contributed by atoms with Gasteiger partial charge in [-0.1, -0.05) is 6.92 Å². The Bertz CT molecular complexity index is 704. The first kappa shape index (κ1) is 19.3. The predicted octanol–water partition coefficient (Wildman–Crippen LogP) is 0.183. The van der Waals surface area contributed by atoms with Crippen LogP contribution in [0.15, 0.2) is 28.3 Å². The molecule has 1 aliphatic heterocycles. The van der Waals surface area contributed by atoms with Gasteiger partial charge in [-0.2, -0.15) is 0 Å². The molecule has 0 saturated carbocycles. The molecule has 2 heterocycles. The third-order valence-electron chi connectivity index (χ3n) is 3.49. The number of pyridine rings is 1. The molecular weight excluding hydrogens is 350 g/mol. The number of aromatic nitrogens is 1. The number of rotatable bonds is 4. The number of nitrogens with one attached hydrogen (secondary N) is 2. The van der Waals surface area contributed by atoms with Gasteiger partial charge in [0.15, 0.2) is 14.9 Å². The van der Waals surface area contributed by atoms with Crippen LogP contribution < -0.4 is 10.0 Å². The Kier molecular flexibility index (Phi) is 6.34. The summed E-state index contributed by atoms with van der Waals surface area (Å²) < 4.78 is 49.9. The van der Waals surface area contributed by atoms with E-state index in [0.29, 0.717) is 0 Å². The molecule has 126 valence electrons. The summed E-state index contributed by atoms with van der Waals surface area (Å²) in [7, 11) is -7.13. The van der Waals surface area contributed by atoms with Crippen LogP contribution >= 0.6 is 12.4 Å². The lowest BCUT2D eigenvalue weighted by Gasteiger charge is -2.29. The average molecular weight is 370 g/mol. The molecule has 7 nitrogen and oxygen atoms in total. The third kappa shape index (κ3) is 4.63. The van der Waals surface area contributed by atoms with Gasteiger partial charge < -0.3 is 5.32 Å². The zero-order valence-electron chi connectivity index (χ0n) is 12.3. The van der Waals surface area contributed by atoms with Crippen molar-refractivity contribution < 1.29 is 16.8 Å². The highest BCUT2D eigenvalue weighted by Crippen LogP contribution is 2.16. The van der Waals surface area contributed by atoms with Crippen LogP contribution in [-0.2, 0) is 19.9 Å². The Morgan fingerprint density at radius 1 is 1.27 bits per heavy atom. The Labute approximate surface area is 137 Å². The van der Waals surface area contributed by atoms with Crippen molar-refractivity contribution in [1.29, 1.82) is 0 Å². The molecule has 1 aromatic heterocycles. The normalized spacial score (nSPS) is 22.8. The van der Waals surface area contributed by atoms with Crippen molar-refractivity contribution in [3.05, 3.63) is 18.3 Å². The quantitative estimate of drug-likeness (QED) is 0.784. The minimum absolute atomic E-state index is 0. The molecule has 22 heavy (non-hydrogen) atoms. The van der Waals surface area contributed by atoms with Crippen molar-refractivity contribution in [3.63, 3.8) is 0 Å². The van der Waals surface area contributed by atoms with Crippen LogP contribution in [-0.4, -0.2) is 47.2 Å². The van der Waals surface area contributed by atoms with Crippen LogP contribution in [0.25, 0.3) is 0 Å². The Morgan fingerprint density at radius 3 is 2.45 bits per heavy atom. The fraction of sp³-hybridized carbons (Fsp3) is 0.583. The van der Waals surface area contributed by atoms with Gasteiger partial charge in [0, 0.05) is 18.5 Å². The molecule has 2 unspecified atom stereocenters. The van der Waals surface area contributed by atoms with Crippen LogP contribution in [0.4, 0.5) is 0 Å². The molecule has 1 saturated heterocycles. The van der Waals surface area contributed by atoms with Gasteiger partial charge in [0.25, 0.3) is 0 Å². The monoisotopic (exact) mass is 369 g/mol. The number of halogens is 1. The maximum atomic E-state index is 12.3. The lowest BCUT2D eigenvalue weighted by Crippen LogP contribution is -2.48. The predicted molar refractivity (Wildman–Crippen MR) is 85.4 cm³/mol. The fourth-order valence-electron chi connectivity index (χ4n) is 2.20. The van der Waals surface area contributed by atoms with Crippen molar-refractivity contribution in [1.82, 2.24) is 15.0 Å². The van der Waals surface area contributed by atoms with Crippen LogP contribution in [0.5, 0.6) is 0 Å². The zero-order valence-corrected chi connectivity index (χ0v) is 14.8. The standard InChI is InChI=1S/C12H19N3O4S2.ClH/c1-9-7-13-6-5-11(9)15-21(18,19)10-3-4-12(14-8-10)20(2,16)17;/h3-4,8-9,11,13,15H,5-7H2,1-2H3;1H. The van der Waals surface area contributed by atoms with E-state index >= 15 is 0 Å². The summed E-state index contributed by atoms with van der Waals surface area (Å²) in [6, 6.07) is 2.33. The molecule has 0 aromatic carbocycles. The van der Waals surface area contributed by atoms with Crippen molar-refractivity contribution in [2.45, 2.75) is 29.3 Å². The second kappa shape index (κ2) is 7.22. The van der Waals surface area contributed by atoms with E-state index in [0.717, 1.165) is 32.0 Å². The first-order valence-corrected chi connectivity index (χ1v) is 9.97. The first-order valence-electron chi connectivity index (χ1n) is 6.59. The molecular formula is C12H20ClN3O4S2. The van der Waals surface area contributed by atoms with Crippen molar-refractivity contribution in [3.8, 4) is 0 Å². The van der Waals surface area contributed by atoms with Gasteiger partial charge in [-0.3, -0.25) is 0 Å². The van der Waals surface area contributed by atoms with Gasteiger partial charge in [0.1, 0.15) is 4.90 Å². The minimum atomic E-state index is -3.69. The van der Waals surface area contributed by atoms with E-state index in [4.69, 9.17) is 0 Å². The summed E-state index contributed by atoms with van der Waals surface area (Å²) in [4.78, 5) is 3.68. The van der Waals surface area contributed by atoms with Gasteiger partial charge in [-0.15, -0.1) is 12.4 Å². The maximum Gasteiger partial charge on any atom is 0.242 e. The van der Waals surface area contributed by atoms with Crippen LogP contribution in [0.3, 0.4) is 0 Å². The van der Waals surface area contributed by atoms with Crippen molar-refractivity contribution in [2.24, 2.45) is 5.92 Å². The average Bonchev–Trinajstić information content (AvgIpc) is 2.40. The van der Waals surface area contributed by atoms with Crippen LogP contribution in [0.2, 0.25) is 0 Å². The molecule has 2 atom stereocenters. The van der Waals surface area contributed by atoms with Gasteiger partial charge in [-0.25, -0.2) is 26.5 Å². The van der Waals surface area contributed by atoms with Crippen molar-refractivity contribution >= 4 is 32.3 Å². The van der Waals surface area contributed by atoms with Gasteiger partial charge in [0.05, 0.1) is 0 Å². The highest BCUT2D eigenvalue weighted by Gasteiger charge is 2.27. The molecule has 2 rings (SSSR count). The number of hydrogen-bond donors (Lipinski definition) is 2. The van der Waals surface area contributed by atoms with Crippen LogP contribution in [0.1, 0.15) is 13.3 Å². The molecule has 0 spiro atoms. The third-order valence-corrected chi connectivity index (χ3v) is 5.97. The molecule has 1 aromatic rings. The number of piperidine rings is 1. The Hall–Kier alpha value is -0.740. The summed E-state index contributed by atoms with van der Waals surface area (Å²) in [6.07, 6.45) is 2.82. The van der Waals surface area contributed by atoms with E-state index in [2.05, 4.69) is 15.0 Å². The van der Waals surface area contributed by atoms with Crippen LogP contribution in [0, 0.1) is 5.92 Å². The summed E-state index contributed by atoms with van der Waals surface area (Å²) in [6.45, 7) is 3.51. The summed E-state index contributed by atoms with van der Waals surface area (Å²) >= 11 is 0. The van der Waals surface area contributed by atoms with E-state index in [1.54, 1.807) is 0 Å². The molecule has 10 heteroatoms. The highest BCUT2D eigenvalue weighted by molar-refractivity contribution is 7.90. The molecule has 0 radical (unpaired) electrons. The molecule has 0 aliphatic carbocycles. The molecule has 2 N–H and O–H groups in total. The summed E-state index contributed by atoms with van der Waals surface area (Å²) in [5.74, 6) is 0.191. The van der Waals surface area contributed by atoms with E-state index < -0.39 is 19.9 Å². The lowest BCUT2D eigenvalue weighted by molar-refractivity contribution is 0.328. The fourth-order valence-corrected chi connectivity index (χ4v) is 4.08. The summed E-state index contributed by atoms with van der Waals surface area (Å²) in [5, 5.41) is 3.06. The molecule has 1 aliphatic rings. The second-order valence-corrected chi connectivity index (χ2v) is 8.98. The smallest absolute Gasteiger partial charge is 0.242 e. The second-order valence-electron chi connectivity index (χ2n) is 5.30. The van der Waals surface area contributed by atoms with E-state index in [9.17, 15) is 16.8 Å². The van der Waals surface area contributed by atoms with E-state index in [1.165, 1.54) is 12.1 Å². The highest BCUT2D eigenvalue weighted by atomic mass is 35.5. The van der Waals surface area contributed by atoms with E-state index in [1.807, 2.05) is 6.92 Å². The van der Waals surface area contributed by atoms with Gasteiger partial charge in [-0.05, 0) is 37.6 Å². The molecule has 1 fully saturated rings. The van der Waals surface area contributed by atoms with Gasteiger partial charge >= 0.3 is 0 Å². The largest absolute Gasteiger partial charge is 0.316 e. The lowest BCUT2D eigenvalue weighted by atomic mass is 9.97. The minimum Gasteiger partial charge on any atom is -0.316 e. The Balaban J connectivity index is 0.00000242. The SMILES string of the molecule is CC1CNCCC1NS(=O)(=O)c1ccc(S(C)(=O)=O)nc1.Cl. The number of nitrogens with zero attached hydrogens (tertiary/aromatic N) is 1. The topological polar surface area (TPSA) is 105 Å². The molecule has 0 bridgehead atoms. The first-order chi connectivity index (χ1) is 9.70. The number of sulfone groups is 1.